The minimum atomic E-state index is 0.687. The average molecular weight is 360 g/mol. The highest BCUT2D eigenvalue weighted by Crippen LogP contribution is 2.20. The van der Waals surface area contributed by atoms with Gasteiger partial charge in [-0.3, -0.25) is 4.90 Å². The lowest BCUT2D eigenvalue weighted by Crippen LogP contribution is -2.36. The summed E-state index contributed by atoms with van der Waals surface area (Å²) in [5, 5.41) is 6.60. The van der Waals surface area contributed by atoms with Crippen molar-refractivity contribution in [1.82, 2.24) is 14.9 Å². The lowest BCUT2D eigenvalue weighted by atomic mass is 10.4. The molecule has 0 atom stereocenters. The third kappa shape index (κ3) is 5.10. The van der Waals surface area contributed by atoms with Gasteiger partial charge in [0.1, 0.15) is 5.82 Å². The van der Waals surface area contributed by atoms with Crippen LogP contribution in [0.15, 0.2) is 10.7 Å². The van der Waals surface area contributed by atoms with E-state index in [1.807, 2.05) is 11.8 Å². The molecule has 0 unspecified atom stereocenters. The molecular weight excluding hydrogens is 338 g/mol. The van der Waals surface area contributed by atoms with Crippen molar-refractivity contribution in [2.45, 2.75) is 13.3 Å². The molecule has 5 nitrogen and oxygen atoms in total. The topological polar surface area (TPSA) is 53.1 Å². The van der Waals surface area contributed by atoms with Crippen molar-refractivity contribution in [3.05, 3.63) is 10.7 Å². The summed E-state index contributed by atoms with van der Waals surface area (Å²) < 4.78 is 0.911. The Morgan fingerprint density at radius 1 is 1.30 bits per heavy atom. The predicted octanol–water partition coefficient (Wildman–Crippen LogP) is 2.52. The zero-order valence-corrected chi connectivity index (χ0v) is 14.3. The summed E-state index contributed by atoms with van der Waals surface area (Å²) in [4.78, 5) is 11.2. The molecule has 0 aliphatic carbocycles. The second-order valence-electron chi connectivity index (χ2n) is 4.70. The number of aromatic nitrogens is 2. The van der Waals surface area contributed by atoms with Crippen LogP contribution < -0.4 is 10.6 Å². The van der Waals surface area contributed by atoms with Crippen LogP contribution in [-0.2, 0) is 0 Å². The maximum absolute atomic E-state index is 4.49. The van der Waals surface area contributed by atoms with E-state index in [0.717, 1.165) is 36.3 Å². The van der Waals surface area contributed by atoms with Crippen molar-refractivity contribution in [2.24, 2.45) is 0 Å². The second-order valence-corrected chi connectivity index (χ2v) is 6.78. The molecule has 0 aromatic carbocycles. The largest absolute Gasteiger partial charge is 0.368 e. The van der Waals surface area contributed by atoms with E-state index in [1.54, 1.807) is 6.20 Å². The number of hydrogen-bond donors (Lipinski definition) is 2. The summed E-state index contributed by atoms with van der Waals surface area (Å²) in [7, 11) is 0. The summed E-state index contributed by atoms with van der Waals surface area (Å²) in [6.45, 7) is 7.39. The van der Waals surface area contributed by atoms with Crippen LogP contribution in [0.2, 0.25) is 0 Å². The third-order valence-electron chi connectivity index (χ3n) is 3.10. The molecule has 1 saturated heterocycles. The fourth-order valence-corrected chi connectivity index (χ4v) is 3.28. The van der Waals surface area contributed by atoms with Gasteiger partial charge in [-0.15, -0.1) is 0 Å². The first kappa shape index (κ1) is 15.9. The normalized spacial score (nSPS) is 16.1. The van der Waals surface area contributed by atoms with Crippen LogP contribution in [0.1, 0.15) is 13.3 Å². The van der Waals surface area contributed by atoms with Crippen molar-refractivity contribution in [2.75, 3.05) is 54.9 Å². The Kier molecular flexibility index (Phi) is 6.89. The Hall–Kier alpha value is -0.530. The minimum Gasteiger partial charge on any atom is -0.368 e. The van der Waals surface area contributed by atoms with Crippen LogP contribution in [0, 0.1) is 0 Å². The maximum Gasteiger partial charge on any atom is 0.224 e. The van der Waals surface area contributed by atoms with E-state index < -0.39 is 0 Å². The highest BCUT2D eigenvalue weighted by atomic mass is 79.9. The molecule has 7 heteroatoms. The molecule has 2 heterocycles. The molecule has 112 valence electrons. The zero-order valence-electron chi connectivity index (χ0n) is 11.9. The minimum absolute atomic E-state index is 0.687. The van der Waals surface area contributed by atoms with Gasteiger partial charge < -0.3 is 10.6 Å². The number of rotatable bonds is 7. The van der Waals surface area contributed by atoms with Crippen LogP contribution in [0.25, 0.3) is 0 Å². The SMILES string of the molecule is CCCNc1ncc(Br)c(NCCN2CCSCC2)n1. The van der Waals surface area contributed by atoms with E-state index in [9.17, 15) is 0 Å². The van der Waals surface area contributed by atoms with Crippen molar-refractivity contribution in [3.8, 4) is 0 Å². The lowest BCUT2D eigenvalue weighted by molar-refractivity contribution is 0.314. The lowest BCUT2D eigenvalue weighted by Gasteiger charge is -2.26. The van der Waals surface area contributed by atoms with Crippen molar-refractivity contribution >= 4 is 39.5 Å². The summed E-state index contributed by atoms with van der Waals surface area (Å²) in [6, 6.07) is 0. The molecule has 0 bridgehead atoms. The third-order valence-corrected chi connectivity index (χ3v) is 4.62. The van der Waals surface area contributed by atoms with E-state index in [2.05, 4.69) is 48.4 Å². The molecule has 2 rings (SSSR count). The smallest absolute Gasteiger partial charge is 0.224 e. The van der Waals surface area contributed by atoms with E-state index in [-0.39, 0.29) is 0 Å². The Morgan fingerprint density at radius 3 is 2.85 bits per heavy atom. The first-order valence-electron chi connectivity index (χ1n) is 7.10. The van der Waals surface area contributed by atoms with Gasteiger partial charge in [-0.25, -0.2) is 4.98 Å². The highest BCUT2D eigenvalue weighted by Gasteiger charge is 2.10. The first-order chi connectivity index (χ1) is 9.79. The van der Waals surface area contributed by atoms with Gasteiger partial charge in [0.2, 0.25) is 5.95 Å². The number of anilines is 2. The van der Waals surface area contributed by atoms with Crippen LogP contribution in [0.3, 0.4) is 0 Å². The fourth-order valence-electron chi connectivity index (χ4n) is 1.97. The average Bonchev–Trinajstić information content (AvgIpc) is 2.49. The number of nitrogens with one attached hydrogen (secondary N) is 2. The molecule has 1 aliphatic heterocycles. The van der Waals surface area contributed by atoms with Crippen LogP contribution in [-0.4, -0.2) is 59.1 Å². The molecule has 1 aromatic heterocycles. The van der Waals surface area contributed by atoms with E-state index in [1.165, 1.54) is 24.6 Å². The molecule has 20 heavy (non-hydrogen) atoms. The molecule has 0 amide bonds. The van der Waals surface area contributed by atoms with Crippen molar-refractivity contribution < 1.29 is 0 Å². The Labute approximate surface area is 133 Å². The van der Waals surface area contributed by atoms with Crippen molar-refractivity contribution in [1.29, 1.82) is 0 Å². The standard InChI is InChI=1S/C13H22BrN5S/c1-2-3-16-13-17-10-11(14)12(18-13)15-4-5-19-6-8-20-9-7-19/h10H,2-9H2,1H3,(H2,15,16,17,18). The first-order valence-corrected chi connectivity index (χ1v) is 9.04. The summed E-state index contributed by atoms with van der Waals surface area (Å²) in [6.07, 6.45) is 2.86. The zero-order chi connectivity index (χ0) is 14.2. The van der Waals surface area contributed by atoms with Crippen LogP contribution in [0.5, 0.6) is 0 Å². The monoisotopic (exact) mass is 359 g/mol. The van der Waals surface area contributed by atoms with Gasteiger partial charge in [-0.1, -0.05) is 6.92 Å². The predicted molar refractivity (Wildman–Crippen MR) is 90.8 cm³/mol. The molecule has 2 N–H and O–H groups in total. The Morgan fingerprint density at radius 2 is 2.10 bits per heavy atom. The van der Waals surface area contributed by atoms with Gasteiger partial charge in [0.25, 0.3) is 0 Å². The van der Waals surface area contributed by atoms with E-state index in [0.29, 0.717) is 5.95 Å². The van der Waals surface area contributed by atoms with Gasteiger partial charge in [0.15, 0.2) is 0 Å². The van der Waals surface area contributed by atoms with Gasteiger partial charge in [-0.05, 0) is 22.4 Å². The number of nitrogens with zero attached hydrogens (tertiary/aromatic N) is 3. The molecule has 1 aliphatic rings. The van der Waals surface area contributed by atoms with E-state index >= 15 is 0 Å². The second kappa shape index (κ2) is 8.69. The summed E-state index contributed by atoms with van der Waals surface area (Å²) in [5.41, 5.74) is 0. The van der Waals surface area contributed by atoms with Gasteiger partial charge in [0.05, 0.1) is 4.47 Å². The Balaban J connectivity index is 1.81. The number of hydrogen-bond acceptors (Lipinski definition) is 6. The van der Waals surface area contributed by atoms with Crippen molar-refractivity contribution in [3.63, 3.8) is 0 Å². The molecule has 0 spiro atoms. The quantitative estimate of drug-likeness (QED) is 0.779. The molecule has 0 radical (unpaired) electrons. The maximum atomic E-state index is 4.49. The van der Waals surface area contributed by atoms with Gasteiger partial charge in [0, 0.05) is 50.4 Å². The molecule has 1 aromatic rings. The van der Waals surface area contributed by atoms with Gasteiger partial charge in [-0.2, -0.15) is 16.7 Å². The fraction of sp³-hybridized carbons (Fsp3) is 0.692. The van der Waals surface area contributed by atoms with Gasteiger partial charge >= 0.3 is 0 Å². The highest BCUT2D eigenvalue weighted by molar-refractivity contribution is 9.10. The molecule has 0 saturated carbocycles. The molecule has 1 fully saturated rings. The van der Waals surface area contributed by atoms with Crippen LogP contribution in [0.4, 0.5) is 11.8 Å². The Bertz CT molecular complexity index is 412. The van der Waals surface area contributed by atoms with Crippen LogP contribution >= 0.6 is 27.7 Å². The summed E-state index contributed by atoms with van der Waals surface area (Å²) >= 11 is 5.53. The summed E-state index contributed by atoms with van der Waals surface area (Å²) in [5.74, 6) is 4.06. The number of thioether (sulfide) groups is 1. The van der Waals surface area contributed by atoms with E-state index in [4.69, 9.17) is 0 Å². The molecular formula is C13H22BrN5S. The number of halogens is 1.